The number of hydrogen-bond donors (Lipinski definition) is 1. The van der Waals surface area contributed by atoms with Gasteiger partial charge in [-0.15, -0.1) is 0 Å². The predicted octanol–water partition coefficient (Wildman–Crippen LogP) is 2.60. The summed E-state index contributed by atoms with van der Waals surface area (Å²) in [6.45, 7) is 8.27. The molecule has 1 rings (SSSR count). The van der Waals surface area contributed by atoms with Gasteiger partial charge in [-0.05, 0) is 38.8 Å². The molecule has 0 aliphatic heterocycles. The van der Waals surface area contributed by atoms with Gasteiger partial charge < -0.3 is 4.74 Å². The normalized spacial score (nSPS) is 12.5. The van der Waals surface area contributed by atoms with Crippen LogP contribution in [-0.2, 0) is 9.53 Å². The summed E-state index contributed by atoms with van der Waals surface area (Å²) in [5.74, 6) is -0.213. The Labute approximate surface area is 103 Å². The molecule has 0 saturated heterocycles. The van der Waals surface area contributed by atoms with Crippen molar-refractivity contribution in [2.45, 2.75) is 39.8 Å². The van der Waals surface area contributed by atoms with E-state index in [0.717, 1.165) is 11.1 Å². The molecule has 0 heterocycles. The van der Waals surface area contributed by atoms with Crippen LogP contribution in [0.25, 0.3) is 0 Å². The lowest BCUT2D eigenvalue weighted by Crippen LogP contribution is -2.35. The summed E-state index contributed by atoms with van der Waals surface area (Å²) in [5, 5.41) is 3.25. The van der Waals surface area contributed by atoms with E-state index >= 15 is 0 Å². The number of carbonyl (C=O) groups is 1. The molecule has 3 nitrogen and oxygen atoms in total. The molecule has 1 unspecified atom stereocenters. The van der Waals surface area contributed by atoms with Gasteiger partial charge in [-0.1, -0.05) is 24.3 Å². The maximum Gasteiger partial charge on any atom is 0.327 e. The number of benzene rings is 1. The van der Waals surface area contributed by atoms with Crippen molar-refractivity contribution < 1.29 is 9.53 Å². The molecule has 0 radical (unpaired) electrons. The number of carbonyl (C=O) groups excluding carboxylic acids is 1. The summed E-state index contributed by atoms with van der Waals surface area (Å²) >= 11 is 0. The van der Waals surface area contributed by atoms with Crippen LogP contribution in [0.15, 0.2) is 24.3 Å². The minimum Gasteiger partial charge on any atom is -0.465 e. The van der Waals surface area contributed by atoms with E-state index in [4.69, 9.17) is 4.74 Å². The van der Waals surface area contributed by atoms with Crippen LogP contribution in [0.3, 0.4) is 0 Å². The van der Waals surface area contributed by atoms with E-state index in [-0.39, 0.29) is 18.1 Å². The van der Waals surface area contributed by atoms with Gasteiger partial charge in [0.2, 0.25) is 0 Å². The zero-order valence-corrected chi connectivity index (χ0v) is 11.0. The van der Waals surface area contributed by atoms with Gasteiger partial charge in [0.1, 0.15) is 6.04 Å². The fraction of sp³-hybridized carbons (Fsp3) is 0.500. The molecule has 0 bridgehead atoms. The molecule has 17 heavy (non-hydrogen) atoms. The second kappa shape index (κ2) is 6.40. The topological polar surface area (TPSA) is 38.3 Å². The third-order valence-corrected chi connectivity index (χ3v) is 2.52. The smallest absolute Gasteiger partial charge is 0.327 e. The lowest BCUT2D eigenvalue weighted by Gasteiger charge is -2.21. The van der Waals surface area contributed by atoms with Gasteiger partial charge in [0.25, 0.3) is 0 Å². The Morgan fingerprint density at radius 1 is 1.35 bits per heavy atom. The maximum atomic E-state index is 11.9. The third-order valence-electron chi connectivity index (χ3n) is 2.52. The van der Waals surface area contributed by atoms with E-state index in [1.807, 2.05) is 52.0 Å². The summed E-state index contributed by atoms with van der Waals surface area (Å²) in [4.78, 5) is 11.9. The number of aryl methyl sites for hydroxylation is 1. The SMILES string of the molecule is CCOC(=O)C(NC(C)C)c1ccccc1C. The van der Waals surface area contributed by atoms with E-state index in [1.54, 1.807) is 0 Å². The molecule has 0 fully saturated rings. The summed E-state index contributed by atoms with van der Waals surface area (Å²) in [7, 11) is 0. The molecule has 0 spiro atoms. The first kappa shape index (κ1) is 13.7. The minimum atomic E-state index is -0.379. The van der Waals surface area contributed by atoms with Gasteiger partial charge in [-0.2, -0.15) is 0 Å². The van der Waals surface area contributed by atoms with Gasteiger partial charge >= 0.3 is 5.97 Å². The fourth-order valence-electron chi connectivity index (χ4n) is 1.75. The second-order valence-electron chi connectivity index (χ2n) is 4.36. The van der Waals surface area contributed by atoms with Crippen LogP contribution in [-0.4, -0.2) is 18.6 Å². The Kier molecular flexibility index (Phi) is 5.16. The van der Waals surface area contributed by atoms with Crippen molar-refractivity contribution in [2.75, 3.05) is 6.61 Å². The van der Waals surface area contributed by atoms with E-state index in [1.165, 1.54) is 0 Å². The van der Waals surface area contributed by atoms with Crippen LogP contribution in [0.4, 0.5) is 0 Å². The van der Waals surface area contributed by atoms with E-state index < -0.39 is 0 Å². The van der Waals surface area contributed by atoms with Gasteiger partial charge in [-0.25, -0.2) is 4.79 Å². The quantitative estimate of drug-likeness (QED) is 0.797. The van der Waals surface area contributed by atoms with Crippen molar-refractivity contribution in [3.05, 3.63) is 35.4 Å². The number of nitrogens with one attached hydrogen (secondary N) is 1. The second-order valence-corrected chi connectivity index (χ2v) is 4.36. The monoisotopic (exact) mass is 235 g/mol. The van der Waals surface area contributed by atoms with Crippen molar-refractivity contribution in [3.8, 4) is 0 Å². The lowest BCUT2D eigenvalue weighted by molar-refractivity contribution is -0.146. The van der Waals surface area contributed by atoms with Crippen molar-refractivity contribution in [1.29, 1.82) is 0 Å². The van der Waals surface area contributed by atoms with E-state index in [2.05, 4.69) is 5.32 Å². The molecule has 1 N–H and O–H groups in total. The molecule has 94 valence electrons. The highest BCUT2D eigenvalue weighted by Gasteiger charge is 2.23. The van der Waals surface area contributed by atoms with Gasteiger partial charge in [0.05, 0.1) is 6.61 Å². The minimum absolute atomic E-state index is 0.213. The first-order valence-corrected chi connectivity index (χ1v) is 6.04. The molecule has 1 atom stereocenters. The van der Waals surface area contributed by atoms with Crippen molar-refractivity contribution in [3.63, 3.8) is 0 Å². The Hall–Kier alpha value is -1.35. The summed E-state index contributed by atoms with van der Waals surface area (Å²) in [6.07, 6.45) is 0. The highest BCUT2D eigenvalue weighted by atomic mass is 16.5. The summed E-state index contributed by atoms with van der Waals surface area (Å²) in [6, 6.07) is 7.73. The van der Waals surface area contributed by atoms with Gasteiger partial charge in [0.15, 0.2) is 0 Å². The van der Waals surface area contributed by atoms with Crippen LogP contribution in [0.5, 0.6) is 0 Å². The highest BCUT2D eigenvalue weighted by Crippen LogP contribution is 2.19. The van der Waals surface area contributed by atoms with E-state index in [9.17, 15) is 4.79 Å². The molecule has 3 heteroatoms. The Bertz CT molecular complexity index is 374. The molecule has 0 amide bonds. The largest absolute Gasteiger partial charge is 0.465 e. The molecule has 1 aromatic carbocycles. The molecule has 0 saturated carbocycles. The van der Waals surface area contributed by atoms with Crippen molar-refractivity contribution in [1.82, 2.24) is 5.32 Å². The molecule has 0 aliphatic carbocycles. The van der Waals surface area contributed by atoms with Crippen molar-refractivity contribution in [2.24, 2.45) is 0 Å². The Morgan fingerprint density at radius 2 is 2.00 bits per heavy atom. The van der Waals surface area contributed by atoms with Crippen LogP contribution < -0.4 is 5.32 Å². The lowest BCUT2D eigenvalue weighted by atomic mass is 10.0. The molecule has 0 aliphatic rings. The Balaban J connectivity index is 2.97. The molecular formula is C14H21NO2. The van der Waals surface area contributed by atoms with Gasteiger partial charge in [0, 0.05) is 6.04 Å². The number of esters is 1. The van der Waals surface area contributed by atoms with Crippen LogP contribution in [0.1, 0.15) is 37.9 Å². The average molecular weight is 235 g/mol. The molecule has 1 aromatic rings. The highest BCUT2D eigenvalue weighted by molar-refractivity contribution is 5.78. The number of rotatable bonds is 5. The summed E-state index contributed by atoms with van der Waals surface area (Å²) in [5.41, 5.74) is 2.08. The van der Waals surface area contributed by atoms with Crippen molar-refractivity contribution >= 4 is 5.97 Å². The maximum absolute atomic E-state index is 11.9. The number of ether oxygens (including phenoxy) is 1. The van der Waals surface area contributed by atoms with Gasteiger partial charge in [-0.3, -0.25) is 5.32 Å². The van der Waals surface area contributed by atoms with Crippen LogP contribution >= 0.6 is 0 Å². The number of hydrogen-bond acceptors (Lipinski definition) is 3. The van der Waals surface area contributed by atoms with Crippen LogP contribution in [0, 0.1) is 6.92 Å². The first-order valence-electron chi connectivity index (χ1n) is 6.04. The zero-order valence-electron chi connectivity index (χ0n) is 11.0. The third kappa shape index (κ3) is 3.86. The average Bonchev–Trinajstić information content (AvgIpc) is 2.27. The standard InChI is InChI=1S/C14H21NO2/c1-5-17-14(16)13(15-10(2)3)12-9-7-6-8-11(12)4/h6-10,13,15H,5H2,1-4H3. The first-order chi connectivity index (χ1) is 8.06. The Morgan fingerprint density at radius 3 is 2.53 bits per heavy atom. The zero-order chi connectivity index (χ0) is 12.8. The van der Waals surface area contributed by atoms with Crippen LogP contribution in [0.2, 0.25) is 0 Å². The molecular weight excluding hydrogens is 214 g/mol. The summed E-state index contributed by atoms with van der Waals surface area (Å²) < 4.78 is 5.11. The fourth-order valence-corrected chi connectivity index (χ4v) is 1.75. The molecule has 0 aromatic heterocycles. The van der Waals surface area contributed by atoms with E-state index in [0.29, 0.717) is 6.61 Å². The predicted molar refractivity (Wildman–Crippen MR) is 68.8 cm³/mol.